The van der Waals surface area contributed by atoms with Crippen molar-refractivity contribution in [3.05, 3.63) is 22.7 Å². The van der Waals surface area contributed by atoms with Crippen LogP contribution in [0.5, 0.6) is 0 Å². The SMILES string of the molecule is Nc1cc(Cl)c(S(=O)(=O)NCCO)cc1C(F)(F)F. The van der Waals surface area contributed by atoms with Crippen LogP contribution in [0.2, 0.25) is 5.02 Å². The molecule has 1 aromatic carbocycles. The Kier molecular flexibility index (Phi) is 4.67. The monoisotopic (exact) mass is 318 g/mol. The van der Waals surface area contributed by atoms with Crippen LogP contribution in [0.1, 0.15) is 5.56 Å². The van der Waals surface area contributed by atoms with Gasteiger partial charge in [-0.05, 0) is 12.1 Å². The molecule has 0 bridgehead atoms. The maximum absolute atomic E-state index is 12.6. The van der Waals surface area contributed by atoms with Crippen LogP contribution in [0.25, 0.3) is 0 Å². The van der Waals surface area contributed by atoms with E-state index < -0.39 is 44.0 Å². The van der Waals surface area contributed by atoms with Gasteiger partial charge < -0.3 is 10.8 Å². The van der Waals surface area contributed by atoms with Crippen LogP contribution >= 0.6 is 11.6 Å². The highest BCUT2D eigenvalue weighted by atomic mass is 35.5. The fourth-order valence-corrected chi connectivity index (χ4v) is 2.86. The van der Waals surface area contributed by atoms with Gasteiger partial charge in [-0.25, -0.2) is 13.1 Å². The quantitative estimate of drug-likeness (QED) is 0.728. The minimum atomic E-state index is -4.80. The molecule has 0 heterocycles. The maximum Gasteiger partial charge on any atom is 0.418 e. The van der Waals surface area contributed by atoms with Gasteiger partial charge in [0.15, 0.2) is 0 Å². The number of benzene rings is 1. The summed E-state index contributed by atoms with van der Waals surface area (Å²) >= 11 is 5.59. The summed E-state index contributed by atoms with van der Waals surface area (Å²) in [6.07, 6.45) is -4.80. The summed E-state index contributed by atoms with van der Waals surface area (Å²) in [5, 5.41) is 8.08. The molecule has 5 nitrogen and oxygen atoms in total. The van der Waals surface area contributed by atoms with Gasteiger partial charge in [0.1, 0.15) is 4.90 Å². The van der Waals surface area contributed by atoms with Crippen molar-refractivity contribution in [1.29, 1.82) is 0 Å². The predicted octanol–water partition coefficient (Wildman–Crippen LogP) is 1.21. The molecule has 0 aliphatic carbocycles. The highest BCUT2D eigenvalue weighted by Crippen LogP contribution is 2.37. The topological polar surface area (TPSA) is 92.4 Å². The lowest BCUT2D eigenvalue weighted by atomic mass is 10.2. The lowest BCUT2D eigenvalue weighted by Gasteiger charge is -2.14. The molecule has 1 aromatic rings. The van der Waals surface area contributed by atoms with Crippen LogP contribution in [0.3, 0.4) is 0 Å². The van der Waals surface area contributed by atoms with Crippen LogP contribution in [-0.2, 0) is 16.2 Å². The Balaban J connectivity index is 3.37. The van der Waals surface area contributed by atoms with Crippen LogP contribution in [-0.4, -0.2) is 26.7 Å². The number of alkyl halides is 3. The molecule has 0 radical (unpaired) electrons. The summed E-state index contributed by atoms with van der Waals surface area (Å²) in [5.74, 6) is 0. The Hall–Kier alpha value is -1.03. The molecule has 0 aliphatic heterocycles. The first-order chi connectivity index (χ1) is 8.59. The van der Waals surface area contributed by atoms with E-state index in [2.05, 4.69) is 0 Å². The van der Waals surface area contributed by atoms with Gasteiger partial charge in [0.05, 0.1) is 17.2 Å². The Labute approximate surface area is 112 Å². The summed E-state index contributed by atoms with van der Waals surface area (Å²) in [4.78, 5) is -0.746. The molecule has 0 atom stereocenters. The average molecular weight is 319 g/mol. The van der Waals surface area contributed by atoms with Crippen molar-refractivity contribution in [2.24, 2.45) is 0 Å². The molecule has 0 amide bonds. The van der Waals surface area contributed by atoms with Crippen LogP contribution in [0.15, 0.2) is 17.0 Å². The van der Waals surface area contributed by atoms with Gasteiger partial charge in [-0.2, -0.15) is 13.2 Å². The van der Waals surface area contributed by atoms with E-state index in [4.69, 9.17) is 22.4 Å². The van der Waals surface area contributed by atoms with Gasteiger partial charge in [0.25, 0.3) is 0 Å². The second-order valence-electron chi connectivity index (χ2n) is 3.49. The van der Waals surface area contributed by atoms with E-state index in [-0.39, 0.29) is 6.54 Å². The standard InChI is InChI=1S/C9H10ClF3N2O3S/c10-6-4-7(14)5(9(11,12)13)3-8(6)19(17,18)15-1-2-16/h3-4,15-16H,1-2,14H2. The molecular weight excluding hydrogens is 309 g/mol. The van der Waals surface area contributed by atoms with Crippen LogP contribution in [0, 0.1) is 0 Å². The average Bonchev–Trinajstić information content (AvgIpc) is 2.24. The summed E-state index contributed by atoms with van der Waals surface area (Å²) < 4.78 is 63.1. The molecule has 0 saturated heterocycles. The van der Waals surface area contributed by atoms with Crippen molar-refractivity contribution in [2.75, 3.05) is 18.9 Å². The molecule has 0 aliphatic rings. The fraction of sp³-hybridized carbons (Fsp3) is 0.333. The number of nitrogens with one attached hydrogen (secondary N) is 1. The van der Waals surface area contributed by atoms with Crippen molar-refractivity contribution >= 4 is 27.3 Å². The van der Waals surface area contributed by atoms with E-state index in [1.165, 1.54) is 0 Å². The van der Waals surface area contributed by atoms with E-state index in [1.807, 2.05) is 4.72 Å². The summed E-state index contributed by atoms with van der Waals surface area (Å²) in [6, 6.07) is 1.08. The van der Waals surface area contributed by atoms with Gasteiger partial charge in [-0.1, -0.05) is 11.6 Å². The smallest absolute Gasteiger partial charge is 0.398 e. The molecule has 1 rings (SSSR count). The first-order valence-corrected chi connectivity index (χ1v) is 6.72. The van der Waals surface area contributed by atoms with Gasteiger partial charge >= 0.3 is 6.18 Å². The molecule has 0 unspecified atom stereocenters. The molecule has 10 heteroatoms. The maximum atomic E-state index is 12.6. The number of nitrogens with two attached hydrogens (primary N) is 1. The molecule has 0 fully saturated rings. The Morgan fingerprint density at radius 3 is 2.42 bits per heavy atom. The van der Waals surface area contributed by atoms with Gasteiger partial charge in [0.2, 0.25) is 10.0 Å². The van der Waals surface area contributed by atoms with Crippen LogP contribution in [0.4, 0.5) is 18.9 Å². The fourth-order valence-electron chi connectivity index (χ4n) is 1.28. The van der Waals surface area contributed by atoms with Gasteiger partial charge in [-0.15, -0.1) is 0 Å². The number of hydrogen-bond donors (Lipinski definition) is 3. The third-order valence-electron chi connectivity index (χ3n) is 2.10. The first kappa shape index (κ1) is 16.0. The summed E-state index contributed by atoms with van der Waals surface area (Å²) in [5.41, 5.74) is 3.20. The number of rotatable bonds is 4. The van der Waals surface area contributed by atoms with Crippen molar-refractivity contribution in [2.45, 2.75) is 11.1 Å². The van der Waals surface area contributed by atoms with Crippen molar-refractivity contribution in [3.63, 3.8) is 0 Å². The second-order valence-corrected chi connectivity index (χ2v) is 5.63. The van der Waals surface area contributed by atoms with Crippen molar-refractivity contribution in [3.8, 4) is 0 Å². The zero-order valence-corrected chi connectivity index (χ0v) is 10.9. The lowest BCUT2D eigenvalue weighted by Crippen LogP contribution is -2.27. The third kappa shape index (κ3) is 3.72. The Morgan fingerprint density at radius 1 is 1.37 bits per heavy atom. The number of anilines is 1. The minimum absolute atomic E-state index is 0.343. The van der Waals surface area contributed by atoms with Gasteiger partial charge in [-0.3, -0.25) is 0 Å². The zero-order valence-electron chi connectivity index (χ0n) is 9.33. The normalized spacial score (nSPS) is 12.7. The van der Waals surface area contributed by atoms with Gasteiger partial charge in [0, 0.05) is 12.2 Å². The molecule has 4 N–H and O–H groups in total. The molecule has 0 saturated carbocycles. The van der Waals surface area contributed by atoms with Crippen molar-refractivity contribution < 1.29 is 26.7 Å². The van der Waals surface area contributed by atoms with E-state index in [0.717, 1.165) is 6.07 Å². The molecule has 108 valence electrons. The molecule has 0 spiro atoms. The zero-order chi connectivity index (χ0) is 14.8. The number of aliphatic hydroxyl groups excluding tert-OH is 1. The first-order valence-electron chi connectivity index (χ1n) is 4.86. The molecule has 0 aromatic heterocycles. The second kappa shape index (κ2) is 5.53. The summed E-state index contributed by atoms with van der Waals surface area (Å²) in [6.45, 7) is -0.845. The van der Waals surface area contributed by atoms with Crippen LogP contribution < -0.4 is 10.5 Å². The third-order valence-corrected chi connectivity index (χ3v) is 4.03. The predicted molar refractivity (Wildman–Crippen MR) is 63.1 cm³/mol. The number of nitrogen functional groups attached to an aromatic ring is 1. The van der Waals surface area contributed by atoms with Crippen molar-refractivity contribution in [1.82, 2.24) is 4.72 Å². The molecular formula is C9H10ClF3N2O3S. The number of halogens is 4. The summed E-state index contributed by atoms with van der Waals surface area (Å²) in [7, 11) is -4.25. The lowest BCUT2D eigenvalue weighted by molar-refractivity contribution is -0.137. The van der Waals surface area contributed by atoms with E-state index in [9.17, 15) is 21.6 Å². The van der Waals surface area contributed by atoms with E-state index in [0.29, 0.717) is 6.07 Å². The minimum Gasteiger partial charge on any atom is -0.398 e. The van der Waals surface area contributed by atoms with E-state index >= 15 is 0 Å². The Bertz CT molecular complexity index is 575. The highest BCUT2D eigenvalue weighted by Gasteiger charge is 2.35. The number of aliphatic hydroxyl groups is 1. The van der Waals surface area contributed by atoms with E-state index in [1.54, 1.807) is 0 Å². The highest BCUT2D eigenvalue weighted by molar-refractivity contribution is 7.89. The Morgan fingerprint density at radius 2 is 1.95 bits per heavy atom. The number of hydrogen-bond acceptors (Lipinski definition) is 4. The number of sulfonamides is 1. The molecule has 19 heavy (non-hydrogen) atoms. The largest absolute Gasteiger partial charge is 0.418 e.